The molecule has 19 heavy (non-hydrogen) atoms. The first-order chi connectivity index (χ1) is 9.15. The monoisotopic (exact) mass is 276 g/mol. The van der Waals surface area contributed by atoms with E-state index in [9.17, 15) is 0 Å². The summed E-state index contributed by atoms with van der Waals surface area (Å²) in [6.07, 6.45) is 2.84. The lowest BCUT2D eigenvalue weighted by Gasteiger charge is -2.35. The zero-order valence-electron chi connectivity index (χ0n) is 11.7. The van der Waals surface area contributed by atoms with Gasteiger partial charge >= 0.3 is 0 Å². The fourth-order valence-electron chi connectivity index (χ4n) is 2.82. The second-order valence-corrected chi connectivity index (χ2v) is 6.48. The van der Waals surface area contributed by atoms with Crippen LogP contribution in [0.2, 0.25) is 0 Å². The zero-order valence-corrected chi connectivity index (χ0v) is 12.5. The summed E-state index contributed by atoms with van der Waals surface area (Å²) in [6.45, 7) is 6.72. The molecular formula is C14H20N4S. The van der Waals surface area contributed by atoms with Gasteiger partial charge in [0, 0.05) is 12.6 Å². The number of anilines is 1. The molecule has 4 nitrogen and oxygen atoms in total. The highest BCUT2D eigenvalue weighted by atomic mass is 32.1. The van der Waals surface area contributed by atoms with Crippen LogP contribution in [0, 0.1) is 12.8 Å². The Morgan fingerprint density at radius 2 is 2.26 bits per heavy atom. The highest BCUT2D eigenvalue weighted by Crippen LogP contribution is 2.30. The molecule has 2 atom stereocenters. The molecule has 102 valence electrons. The number of nitrogens with one attached hydrogen (secondary N) is 1. The van der Waals surface area contributed by atoms with Crippen LogP contribution >= 0.6 is 11.3 Å². The number of aromatic nitrogens is 2. The minimum absolute atomic E-state index is 0.511. The lowest BCUT2D eigenvalue weighted by Crippen LogP contribution is -2.43. The van der Waals surface area contributed by atoms with Crippen molar-refractivity contribution in [2.45, 2.75) is 26.3 Å². The second-order valence-electron chi connectivity index (χ2n) is 5.60. The molecule has 2 aromatic rings. The minimum atomic E-state index is 0.511. The molecule has 0 aromatic carbocycles. The maximum atomic E-state index is 4.44. The molecule has 3 rings (SSSR count). The largest absolute Gasteiger partial charge is 0.366 e. The molecule has 1 fully saturated rings. The van der Waals surface area contributed by atoms with E-state index in [1.165, 1.54) is 16.7 Å². The number of piperidine rings is 1. The van der Waals surface area contributed by atoms with Crippen molar-refractivity contribution in [2.75, 3.05) is 25.5 Å². The summed E-state index contributed by atoms with van der Waals surface area (Å²) in [4.78, 5) is 11.2. The van der Waals surface area contributed by atoms with Crippen LogP contribution in [-0.2, 0) is 0 Å². The third kappa shape index (κ3) is 2.44. The maximum Gasteiger partial charge on any atom is 0.147 e. The number of hydrogen-bond donors (Lipinski definition) is 1. The summed E-state index contributed by atoms with van der Waals surface area (Å²) in [5, 5.41) is 5.80. The minimum Gasteiger partial charge on any atom is -0.366 e. The van der Waals surface area contributed by atoms with Crippen molar-refractivity contribution in [3.63, 3.8) is 0 Å². The van der Waals surface area contributed by atoms with Gasteiger partial charge in [-0.2, -0.15) is 0 Å². The van der Waals surface area contributed by atoms with E-state index < -0.39 is 0 Å². The van der Waals surface area contributed by atoms with Gasteiger partial charge in [0.05, 0.1) is 10.2 Å². The van der Waals surface area contributed by atoms with Gasteiger partial charge < -0.3 is 10.2 Å². The van der Waals surface area contributed by atoms with E-state index in [0.29, 0.717) is 12.0 Å². The van der Waals surface area contributed by atoms with Crippen molar-refractivity contribution in [2.24, 2.45) is 5.92 Å². The molecule has 3 heterocycles. The first-order valence-corrected chi connectivity index (χ1v) is 7.67. The molecule has 0 bridgehead atoms. The van der Waals surface area contributed by atoms with E-state index in [1.54, 1.807) is 17.7 Å². The van der Waals surface area contributed by atoms with Gasteiger partial charge in [-0.3, -0.25) is 0 Å². The number of hydrogen-bond acceptors (Lipinski definition) is 5. The van der Waals surface area contributed by atoms with Crippen LogP contribution in [-0.4, -0.2) is 41.0 Å². The summed E-state index contributed by atoms with van der Waals surface area (Å²) in [5.41, 5.74) is 2.32. The number of nitrogens with zero attached hydrogens (tertiary/aromatic N) is 3. The molecule has 0 radical (unpaired) electrons. The second kappa shape index (κ2) is 5.06. The number of likely N-dealkylation sites (tertiary alicyclic amines) is 1. The summed E-state index contributed by atoms with van der Waals surface area (Å²) < 4.78 is 1.19. The van der Waals surface area contributed by atoms with Crippen LogP contribution in [0.3, 0.4) is 0 Å². The Morgan fingerprint density at radius 1 is 1.42 bits per heavy atom. The van der Waals surface area contributed by atoms with Crippen molar-refractivity contribution in [1.82, 2.24) is 14.9 Å². The Hall–Kier alpha value is -1.20. The molecule has 0 amide bonds. The van der Waals surface area contributed by atoms with Gasteiger partial charge in [-0.25, -0.2) is 9.97 Å². The Morgan fingerprint density at radius 3 is 3.05 bits per heavy atom. The van der Waals surface area contributed by atoms with E-state index >= 15 is 0 Å². The number of rotatable bonds is 2. The molecule has 5 heteroatoms. The molecule has 0 aliphatic carbocycles. The van der Waals surface area contributed by atoms with E-state index in [4.69, 9.17) is 0 Å². The zero-order chi connectivity index (χ0) is 13.4. The lowest BCUT2D eigenvalue weighted by atomic mass is 9.94. The molecule has 0 saturated carbocycles. The van der Waals surface area contributed by atoms with Crippen LogP contribution in [0.5, 0.6) is 0 Å². The van der Waals surface area contributed by atoms with Gasteiger partial charge in [-0.1, -0.05) is 6.92 Å². The van der Waals surface area contributed by atoms with E-state index in [1.807, 2.05) is 0 Å². The van der Waals surface area contributed by atoms with Crippen LogP contribution in [0.15, 0.2) is 11.7 Å². The summed E-state index contributed by atoms with van der Waals surface area (Å²) >= 11 is 1.73. The Labute approximate surface area is 117 Å². The third-order valence-corrected chi connectivity index (χ3v) is 5.06. The smallest absolute Gasteiger partial charge is 0.147 e. The highest BCUT2D eigenvalue weighted by molar-refractivity contribution is 7.18. The normalized spacial score (nSPS) is 24.8. The fraction of sp³-hybridized carbons (Fsp3) is 0.571. The molecule has 2 unspecified atom stereocenters. The Kier molecular flexibility index (Phi) is 3.41. The van der Waals surface area contributed by atoms with Crippen molar-refractivity contribution >= 4 is 27.4 Å². The van der Waals surface area contributed by atoms with Gasteiger partial charge in [-0.15, -0.1) is 11.3 Å². The standard InChI is InChI=1S/C14H20N4S/c1-9-6-18(3)5-4-11(9)17-14-13-12(15-8-16-14)10(2)7-19-13/h7-9,11H,4-6H2,1-3H3,(H,15,16,17). The van der Waals surface area contributed by atoms with Crippen LogP contribution in [0.1, 0.15) is 18.9 Å². The fourth-order valence-corrected chi connectivity index (χ4v) is 3.77. The average Bonchev–Trinajstić information content (AvgIpc) is 2.76. The van der Waals surface area contributed by atoms with Crippen molar-refractivity contribution in [1.29, 1.82) is 0 Å². The third-order valence-electron chi connectivity index (χ3n) is 3.96. The quantitative estimate of drug-likeness (QED) is 0.915. The maximum absolute atomic E-state index is 4.44. The van der Waals surface area contributed by atoms with Gasteiger partial charge in [0.25, 0.3) is 0 Å². The van der Waals surface area contributed by atoms with Gasteiger partial charge in [0.2, 0.25) is 0 Å². The molecular weight excluding hydrogens is 256 g/mol. The van der Waals surface area contributed by atoms with Gasteiger partial charge in [0.1, 0.15) is 12.1 Å². The summed E-state index contributed by atoms with van der Waals surface area (Å²) in [6, 6.07) is 0.511. The summed E-state index contributed by atoms with van der Waals surface area (Å²) in [7, 11) is 2.19. The van der Waals surface area contributed by atoms with Gasteiger partial charge in [-0.05, 0) is 43.8 Å². The highest BCUT2D eigenvalue weighted by Gasteiger charge is 2.25. The first-order valence-electron chi connectivity index (χ1n) is 6.79. The van der Waals surface area contributed by atoms with Crippen molar-refractivity contribution in [3.05, 3.63) is 17.3 Å². The number of fused-ring (bicyclic) bond motifs is 1. The molecule has 2 aromatic heterocycles. The first kappa shape index (κ1) is 12.8. The van der Waals surface area contributed by atoms with E-state index in [-0.39, 0.29) is 0 Å². The number of aryl methyl sites for hydroxylation is 1. The van der Waals surface area contributed by atoms with Crippen molar-refractivity contribution in [3.8, 4) is 0 Å². The lowest BCUT2D eigenvalue weighted by molar-refractivity contribution is 0.206. The Bertz CT molecular complexity index is 580. The number of thiophene rings is 1. The molecule has 0 spiro atoms. The van der Waals surface area contributed by atoms with Crippen LogP contribution in [0.25, 0.3) is 10.2 Å². The average molecular weight is 276 g/mol. The predicted molar refractivity (Wildman–Crippen MR) is 80.8 cm³/mol. The van der Waals surface area contributed by atoms with Crippen LogP contribution < -0.4 is 5.32 Å². The SMILES string of the molecule is Cc1csc2c(NC3CCN(C)CC3C)ncnc12. The van der Waals surface area contributed by atoms with Gasteiger partial charge in [0.15, 0.2) is 0 Å². The van der Waals surface area contributed by atoms with E-state index in [2.05, 4.69) is 46.5 Å². The topological polar surface area (TPSA) is 41.0 Å². The summed E-state index contributed by atoms with van der Waals surface area (Å²) in [5.74, 6) is 1.65. The predicted octanol–water partition coefficient (Wildman–Crippen LogP) is 2.75. The molecule has 1 N–H and O–H groups in total. The van der Waals surface area contributed by atoms with Crippen molar-refractivity contribution < 1.29 is 0 Å². The van der Waals surface area contributed by atoms with E-state index in [0.717, 1.165) is 24.4 Å². The Balaban J connectivity index is 1.85. The molecule has 1 aliphatic rings. The van der Waals surface area contributed by atoms with Crippen LogP contribution in [0.4, 0.5) is 5.82 Å². The molecule has 1 aliphatic heterocycles. The molecule has 1 saturated heterocycles.